The molecule has 1 atom stereocenters. The molecule has 3 rings (SSSR count). The third-order valence-electron chi connectivity index (χ3n) is 4.11. The summed E-state index contributed by atoms with van der Waals surface area (Å²) >= 11 is 1.17. The number of hydrogen-bond donors (Lipinski definition) is 2. The molecular formula is C19H20N4O5S. The van der Waals surface area contributed by atoms with Crippen molar-refractivity contribution < 1.29 is 23.9 Å². The van der Waals surface area contributed by atoms with E-state index in [-0.39, 0.29) is 26.0 Å². The third kappa shape index (κ3) is 5.38. The summed E-state index contributed by atoms with van der Waals surface area (Å²) in [4.78, 5) is 53.6. The molecule has 1 aliphatic heterocycles. The molecule has 1 fully saturated rings. The Labute approximate surface area is 171 Å². The number of carbonyl (C=O) groups excluding carboxylic acids is 4. The van der Waals surface area contributed by atoms with Crippen molar-refractivity contribution in [3.63, 3.8) is 0 Å². The summed E-state index contributed by atoms with van der Waals surface area (Å²) in [5.41, 5.74) is 1.31. The number of anilines is 1. The van der Waals surface area contributed by atoms with Crippen molar-refractivity contribution in [2.75, 3.05) is 11.9 Å². The van der Waals surface area contributed by atoms with Crippen LogP contribution in [0.5, 0.6) is 0 Å². The maximum atomic E-state index is 12.5. The molecule has 1 saturated heterocycles. The van der Waals surface area contributed by atoms with Gasteiger partial charge in [-0.2, -0.15) is 0 Å². The van der Waals surface area contributed by atoms with Gasteiger partial charge in [0.05, 0.1) is 31.7 Å². The molecule has 10 heteroatoms. The fourth-order valence-electron chi connectivity index (χ4n) is 2.79. The molecule has 2 heterocycles. The predicted molar refractivity (Wildman–Crippen MR) is 105 cm³/mol. The smallest absolute Gasteiger partial charge is 0.325 e. The number of benzene rings is 1. The molecule has 2 aromatic rings. The van der Waals surface area contributed by atoms with Crippen LogP contribution < -0.4 is 10.6 Å². The summed E-state index contributed by atoms with van der Waals surface area (Å²) in [6, 6.07) is 7.67. The van der Waals surface area contributed by atoms with E-state index in [1.54, 1.807) is 12.3 Å². The molecule has 1 aliphatic rings. The van der Waals surface area contributed by atoms with E-state index in [1.807, 2.05) is 30.3 Å². The third-order valence-corrected chi connectivity index (χ3v) is 4.92. The van der Waals surface area contributed by atoms with Gasteiger partial charge in [0.25, 0.3) is 5.91 Å². The van der Waals surface area contributed by atoms with Crippen LogP contribution in [0.1, 0.15) is 24.6 Å². The average molecular weight is 416 g/mol. The number of nitrogens with zero attached hydrogens (tertiary/aromatic N) is 2. The van der Waals surface area contributed by atoms with Gasteiger partial charge in [0.2, 0.25) is 5.91 Å². The Bertz CT molecular complexity index is 914. The Hall–Kier alpha value is -3.27. The maximum absolute atomic E-state index is 12.5. The number of thiazole rings is 1. The minimum Gasteiger partial charge on any atom is -0.466 e. The second-order valence-electron chi connectivity index (χ2n) is 6.29. The van der Waals surface area contributed by atoms with Gasteiger partial charge in [0.15, 0.2) is 5.13 Å². The lowest BCUT2D eigenvalue weighted by Crippen LogP contribution is -2.34. The molecule has 1 aromatic carbocycles. The molecule has 4 amide bonds. The number of rotatable bonds is 8. The van der Waals surface area contributed by atoms with Crippen molar-refractivity contribution in [1.29, 1.82) is 0 Å². The lowest BCUT2D eigenvalue weighted by atomic mass is 10.2. The molecule has 152 valence electrons. The van der Waals surface area contributed by atoms with E-state index in [9.17, 15) is 19.2 Å². The Kier molecular flexibility index (Phi) is 6.55. The Balaban J connectivity index is 1.53. The van der Waals surface area contributed by atoms with Crippen LogP contribution in [0.3, 0.4) is 0 Å². The highest BCUT2D eigenvalue weighted by Crippen LogP contribution is 2.18. The first-order chi connectivity index (χ1) is 14.0. The second kappa shape index (κ2) is 9.28. The normalized spacial score (nSPS) is 15.9. The molecule has 0 aliphatic carbocycles. The number of urea groups is 1. The molecule has 9 nitrogen and oxygen atoms in total. The van der Waals surface area contributed by atoms with Gasteiger partial charge in [-0.05, 0) is 12.5 Å². The van der Waals surface area contributed by atoms with Crippen molar-refractivity contribution >= 4 is 40.3 Å². The highest BCUT2D eigenvalue weighted by atomic mass is 32.1. The van der Waals surface area contributed by atoms with Crippen LogP contribution in [-0.4, -0.2) is 46.3 Å². The van der Waals surface area contributed by atoms with Crippen molar-refractivity contribution in [2.24, 2.45) is 0 Å². The number of aromatic nitrogens is 1. The zero-order valence-electron chi connectivity index (χ0n) is 15.7. The van der Waals surface area contributed by atoms with E-state index in [0.717, 1.165) is 10.5 Å². The largest absolute Gasteiger partial charge is 0.466 e. The van der Waals surface area contributed by atoms with E-state index in [4.69, 9.17) is 4.74 Å². The number of amides is 4. The molecule has 0 spiro atoms. The topological polar surface area (TPSA) is 118 Å². The van der Waals surface area contributed by atoms with Crippen molar-refractivity contribution in [3.8, 4) is 0 Å². The summed E-state index contributed by atoms with van der Waals surface area (Å²) in [6.45, 7) is 2.15. The first-order valence-corrected chi connectivity index (χ1v) is 9.90. The van der Waals surface area contributed by atoms with Crippen LogP contribution in [0.25, 0.3) is 0 Å². The van der Waals surface area contributed by atoms with Crippen LogP contribution in [-0.2, 0) is 32.1 Å². The Morgan fingerprint density at radius 1 is 1.28 bits per heavy atom. The van der Waals surface area contributed by atoms with E-state index >= 15 is 0 Å². The molecule has 1 aromatic heterocycles. The number of ether oxygens (including phenoxy) is 1. The Morgan fingerprint density at radius 2 is 2.03 bits per heavy atom. The van der Waals surface area contributed by atoms with E-state index in [1.165, 1.54) is 11.3 Å². The van der Waals surface area contributed by atoms with Crippen LogP contribution in [0.4, 0.5) is 9.93 Å². The van der Waals surface area contributed by atoms with Crippen LogP contribution in [0.15, 0.2) is 35.7 Å². The molecular weight excluding hydrogens is 396 g/mol. The van der Waals surface area contributed by atoms with Gasteiger partial charge in [-0.25, -0.2) is 9.78 Å². The van der Waals surface area contributed by atoms with Crippen LogP contribution in [0.2, 0.25) is 0 Å². The SMILES string of the molecule is CCOC(=O)Cc1csc(NC(=O)C[C@H]2NC(=O)N(Cc3ccccc3)C2=O)n1. The van der Waals surface area contributed by atoms with E-state index in [0.29, 0.717) is 10.8 Å². The van der Waals surface area contributed by atoms with Crippen molar-refractivity contribution in [3.05, 3.63) is 47.0 Å². The highest BCUT2D eigenvalue weighted by Gasteiger charge is 2.39. The predicted octanol–water partition coefficient (Wildman–Crippen LogP) is 1.70. The zero-order valence-corrected chi connectivity index (χ0v) is 16.5. The molecule has 0 unspecified atom stereocenters. The van der Waals surface area contributed by atoms with E-state index in [2.05, 4.69) is 15.6 Å². The van der Waals surface area contributed by atoms with Gasteiger partial charge in [-0.15, -0.1) is 11.3 Å². The van der Waals surface area contributed by atoms with Gasteiger partial charge in [-0.3, -0.25) is 19.3 Å². The van der Waals surface area contributed by atoms with Crippen LogP contribution in [0, 0.1) is 0 Å². The summed E-state index contributed by atoms with van der Waals surface area (Å²) in [5, 5.41) is 7.08. The minimum atomic E-state index is -0.926. The van der Waals surface area contributed by atoms with Crippen molar-refractivity contribution in [2.45, 2.75) is 32.4 Å². The number of esters is 1. The number of imide groups is 1. The standard InChI is InChI=1S/C19H20N4O5S/c1-2-28-16(25)8-13-11-29-18(20-13)22-15(24)9-14-17(26)23(19(27)21-14)10-12-6-4-3-5-7-12/h3-7,11,14H,2,8-10H2,1H3,(H,21,27)(H,20,22,24)/t14-/m1/s1. The first kappa shape index (κ1) is 20.5. The molecule has 29 heavy (non-hydrogen) atoms. The summed E-state index contributed by atoms with van der Waals surface area (Å²) in [5.74, 6) is -1.30. The number of nitrogens with one attached hydrogen (secondary N) is 2. The zero-order chi connectivity index (χ0) is 20.8. The van der Waals surface area contributed by atoms with Crippen molar-refractivity contribution in [1.82, 2.24) is 15.2 Å². The van der Waals surface area contributed by atoms with Crippen LogP contribution >= 0.6 is 11.3 Å². The highest BCUT2D eigenvalue weighted by molar-refractivity contribution is 7.13. The number of hydrogen-bond acceptors (Lipinski definition) is 7. The number of carbonyl (C=O) groups is 4. The average Bonchev–Trinajstić information content (AvgIpc) is 3.22. The fourth-order valence-corrected chi connectivity index (χ4v) is 3.52. The minimum absolute atomic E-state index is 0.0197. The molecule has 2 N–H and O–H groups in total. The summed E-state index contributed by atoms with van der Waals surface area (Å²) in [7, 11) is 0. The van der Waals surface area contributed by atoms with Gasteiger partial charge in [-0.1, -0.05) is 30.3 Å². The maximum Gasteiger partial charge on any atom is 0.325 e. The lowest BCUT2D eigenvalue weighted by Gasteiger charge is -2.12. The van der Waals surface area contributed by atoms with E-state index < -0.39 is 29.9 Å². The molecule has 0 bridgehead atoms. The van der Waals surface area contributed by atoms with Gasteiger partial charge < -0.3 is 15.4 Å². The molecule has 0 saturated carbocycles. The fraction of sp³-hybridized carbons (Fsp3) is 0.316. The quantitative estimate of drug-likeness (QED) is 0.500. The monoisotopic (exact) mass is 416 g/mol. The lowest BCUT2D eigenvalue weighted by molar-refractivity contribution is -0.142. The first-order valence-electron chi connectivity index (χ1n) is 9.02. The van der Waals surface area contributed by atoms with Gasteiger partial charge >= 0.3 is 12.0 Å². The second-order valence-corrected chi connectivity index (χ2v) is 7.15. The van der Waals surface area contributed by atoms with Gasteiger partial charge in [0, 0.05) is 5.38 Å². The molecule has 0 radical (unpaired) electrons. The Morgan fingerprint density at radius 3 is 2.76 bits per heavy atom. The summed E-state index contributed by atoms with van der Waals surface area (Å²) < 4.78 is 4.86. The van der Waals surface area contributed by atoms with Gasteiger partial charge in [0.1, 0.15) is 6.04 Å². The summed E-state index contributed by atoms with van der Waals surface area (Å²) in [6.07, 6.45) is -0.186.